The molecule has 4 atom stereocenters. The lowest BCUT2D eigenvalue weighted by Crippen LogP contribution is -2.63. The molecule has 1 amide bonds. The molecule has 0 spiro atoms. The van der Waals surface area contributed by atoms with Crippen LogP contribution in [0.5, 0.6) is 5.75 Å². The lowest BCUT2D eigenvalue weighted by molar-refractivity contribution is -0.148. The highest BCUT2D eigenvalue weighted by Gasteiger charge is 2.63. The van der Waals surface area contributed by atoms with E-state index in [-0.39, 0.29) is 35.5 Å². The van der Waals surface area contributed by atoms with E-state index >= 15 is 0 Å². The maximum Gasteiger partial charge on any atom is 0.255 e. The molecular formula is C28H27FN2O7. The number of primary amides is 1. The SMILES string of the molecule is Cc1cc(-c2ccc(O)c3c2C[C@H]2C[C@H]4[C@H](N(C)C)C(O)=C(C(N)=O)C(=O)[C@@]4(O)C(O)=C2C3=O)ccc1F. The predicted molar refractivity (Wildman–Crippen MR) is 134 cm³/mol. The number of ketones is 2. The smallest absolute Gasteiger partial charge is 0.255 e. The Kier molecular flexibility index (Phi) is 5.73. The number of nitrogens with zero attached hydrogens (tertiary/aromatic N) is 1. The van der Waals surface area contributed by atoms with Crippen LogP contribution in [0, 0.1) is 24.6 Å². The van der Waals surface area contributed by atoms with Crippen LogP contribution in [0.4, 0.5) is 4.39 Å². The van der Waals surface area contributed by atoms with Gasteiger partial charge in [-0.3, -0.25) is 19.3 Å². The molecule has 6 N–H and O–H groups in total. The monoisotopic (exact) mass is 522 g/mol. The van der Waals surface area contributed by atoms with E-state index in [0.717, 1.165) is 0 Å². The number of aromatic hydroxyl groups is 1. The number of rotatable bonds is 3. The molecule has 0 unspecified atom stereocenters. The number of Topliss-reactive ketones (excluding diaryl/α,β-unsaturated/α-hetero) is 2. The normalized spacial score (nSPS) is 26.8. The summed E-state index contributed by atoms with van der Waals surface area (Å²) in [5, 5.41) is 44.5. The third-order valence-electron chi connectivity index (χ3n) is 8.07. The second kappa shape index (κ2) is 8.50. The minimum Gasteiger partial charge on any atom is -0.510 e. The van der Waals surface area contributed by atoms with Gasteiger partial charge in [-0.25, -0.2) is 4.39 Å². The van der Waals surface area contributed by atoms with E-state index < -0.39 is 58.0 Å². The molecule has 0 aromatic heterocycles. The molecule has 0 radical (unpaired) electrons. The number of halogens is 1. The van der Waals surface area contributed by atoms with Gasteiger partial charge in [0.1, 0.15) is 28.7 Å². The molecule has 10 heteroatoms. The van der Waals surface area contributed by atoms with Crippen LogP contribution in [0.3, 0.4) is 0 Å². The summed E-state index contributed by atoms with van der Waals surface area (Å²) in [6.45, 7) is 1.61. The molecule has 198 valence electrons. The second-order valence-corrected chi connectivity index (χ2v) is 10.4. The quantitative estimate of drug-likeness (QED) is 0.384. The zero-order chi connectivity index (χ0) is 27.8. The average Bonchev–Trinajstić information content (AvgIpc) is 2.83. The van der Waals surface area contributed by atoms with Crippen molar-refractivity contribution >= 4 is 17.5 Å². The average molecular weight is 523 g/mol. The molecule has 0 bridgehead atoms. The van der Waals surface area contributed by atoms with E-state index in [1.54, 1.807) is 39.2 Å². The molecule has 0 saturated carbocycles. The van der Waals surface area contributed by atoms with Crippen LogP contribution in [0.25, 0.3) is 11.1 Å². The van der Waals surface area contributed by atoms with Crippen molar-refractivity contribution in [3.05, 3.63) is 75.5 Å². The molecule has 0 heterocycles. The number of fused-ring (bicyclic) bond motifs is 3. The first-order valence-electron chi connectivity index (χ1n) is 12.1. The summed E-state index contributed by atoms with van der Waals surface area (Å²) >= 11 is 0. The van der Waals surface area contributed by atoms with Gasteiger partial charge in [0.05, 0.1) is 11.6 Å². The molecular weight excluding hydrogens is 495 g/mol. The number of allylic oxidation sites excluding steroid dienone is 1. The van der Waals surface area contributed by atoms with E-state index in [0.29, 0.717) is 22.3 Å². The van der Waals surface area contributed by atoms with Crippen molar-refractivity contribution in [2.24, 2.45) is 17.6 Å². The van der Waals surface area contributed by atoms with E-state index in [9.17, 15) is 39.2 Å². The summed E-state index contributed by atoms with van der Waals surface area (Å²) in [5.41, 5.74) is 3.58. The zero-order valence-electron chi connectivity index (χ0n) is 20.9. The first kappa shape index (κ1) is 25.6. The summed E-state index contributed by atoms with van der Waals surface area (Å²) in [4.78, 5) is 40.7. The van der Waals surface area contributed by atoms with Crippen LogP contribution < -0.4 is 5.73 Å². The lowest BCUT2D eigenvalue weighted by atomic mass is 9.58. The van der Waals surface area contributed by atoms with Gasteiger partial charge in [0.15, 0.2) is 11.4 Å². The minimum absolute atomic E-state index is 0.0106. The molecule has 38 heavy (non-hydrogen) atoms. The number of likely N-dealkylation sites (N-methyl/N-ethyl adjacent to an activating group) is 1. The third kappa shape index (κ3) is 3.33. The molecule has 3 aliphatic rings. The number of carbonyl (C=O) groups excluding carboxylic acids is 3. The van der Waals surface area contributed by atoms with Gasteiger partial charge < -0.3 is 26.2 Å². The summed E-state index contributed by atoms with van der Waals surface area (Å²) in [5.74, 6) is -7.41. The second-order valence-electron chi connectivity index (χ2n) is 10.4. The fraction of sp³-hybridized carbons (Fsp3) is 0.321. The Morgan fingerprint density at radius 2 is 1.82 bits per heavy atom. The largest absolute Gasteiger partial charge is 0.510 e. The maximum atomic E-state index is 13.9. The van der Waals surface area contributed by atoms with Crippen LogP contribution >= 0.6 is 0 Å². The van der Waals surface area contributed by atoms with Gasteiger partial charge in [0.2, 0.25) is 5.78 Å². The van der Waals surface area contributed by atoms with Crippen molar-refractivity contribution in [1.29, 1.82) is 0 Å². The van der Waals surface area contributed by atoms with Crippen LogP contribution in [-0.4, -0.2) is 68.5 Å². The van der Waals surface area contributed by atoms with E-state index in [1.165, 1.54) is 17.0 Å². The van der Waals surface area contributed by atoms with Gasteiger partial charge in [0.25, 0.3) is 5.91 Å². The molecule has 9 nitrogen and oxygen atoms in total. The van der Waals surface area contributed by atoms with Gasteiger partial charge >= 0.3 is 0 Å². The molecule has 0 saturated heterocycles. The highest BCUT2D eigenvalue weighted by atomic mass is 19.1. The van der Waals surface area contributed by atoms with Gasteiger partial charge in [-0.1, -0.05) is 12.1 Å². The van der Waals surface area contributed by atoms with Crippen molar-refractivity contribution in [2.75, 3.05) is 14.1 Å². The van der Waals surface area contributed by atoms with Crippen LogP contribution in [0.15, 0.2) is 53.0 Å². The zero-order valence-corrected chi connectivity index (χ0v) is 20.9. The van der Waals surface area contributed by atoms with Crippen LogP contribution in [-0.2, 0) is 16.0 Å². The number of hydrogen-bond acceptors (Lipinski definition) is 8. The summed E-state index contributed by atoms with van der Waals surface area (Å²) in [7, 11) is 3.14. The highest BCUT2D eigenvalue weighted by molar-refractivity contribution is 6.24. The Balaban J connectivity index is 1.73. The first-order chi connectivity index (χ1) is 17.8. The summed E-state index contributed by atoms with van der Waals surface area (Å²) in [6.07, 6.45) is 0.137. The number of hydrogen-bond donors (Lipinski definition) is 5. The van der Waals surface area contributed by atoms with E-state index in [2.05, 4.69) is 0 Å². The number of amides is 1. The minimum atomic E-state index is -2.69. The number of benzene rings is 2. The summed E-state index contributed by atoms with van der Waals surface area (Å²) in [6, 6.07) is 6.39. The number of carbonyl (C=O) groups is 3. The molecule has 5 rings (SSSR count). The van der Waals surface area contributed by atoms with Gasteiger partial charge in [-0.05, 0) is 80.2 Å². The number of phenols is 1. The van der Waals surface area contributed by atoms with Crippen LogP contribution in [0.1, 0.15) is 27.9 Å². The number of aliphatic hydroxyl groups excluding tert-OH is 2. The maximum absolute atomic E-state index is 13.9. The first-order valence-corrected chi connectivity index (χ1v) is 12.1. The van der Waals surface area contributed by atoms with Crippen molar-refractivity contribution in [3.8, 4) is 16.9 Å². The molecule has 3 aliphatic carbocycles. The fourth-order valence-corrected chi connectivity index (χ4v) is 6.33. The number of nitrogens with two attached hydrogens (primary N) is 1. The fourth-order valence-electron chi connectivity index (χ4n) is 6.33. The topological polar surface area (TPSA) is 161 Å². The predicted octanol–water partition coefficient (Wildman–Crippen LogP) is 2.24. The Labute approximate surface area is 217 Å². The van der Waals surface area contributed by atoms with E-state index in [4.69, 9.17) is 5.73 Å². The molecule has 0 aliphatic heterocycles. The standard InChI is InChI=1S/C28H27FN2O7/c1-11-8-12(4-6-17(11)29)14-5-7-18(32)20-15(14)9-13-10-16-22(31(2)3)24(34)21(27(30)37)26(36)28(16,38)25(35)19(13)23(20)33/h4-8,13,16,22,32,34-35,38H,9-10H2,1-3H3,(H2,30,37)/t13-,16-,22-,28-/m0/s1. The molecule has 0 fully saturated rings. The number of phenolic OH excluding ortho intramolecular Hbond substituents is 1. The molecule has 2 aromatic rings. The van der Waals surface area contributed by atoms with Crippen molar-refractivity contribution in [2.45, 2.75) is 31.4 Å². The van der Waals surface area contributed by atoms with Crippen molar-refractivity contribution < 1.29 is 39.2 Å². The van der Waals surface area contributed by atoms with Crippen molar-refractivity contribution in [3.63, 3.8) is 0 Å². The number of aliphatic hydroxyl groups is 3. The Hall–Kier alpha value is -4.02. The Bertz CT molecular complexity index is 1510. The Morgan fingerprint density at radius 3 is 2.42 bits per heavy atom. The van der Waals surface area contributed by atoms with Crippen LogP contribution in [0.2, 0.25) is 0 Å². The van der Waals surface area contributed by atoms with Gasteiger partial charge in [-0.15, -0.1) is 0 Å². The summed E-state index contributed by atoms with van der Waals surface area (Å²) < 4.78 is 13.9. The van der Waals surface area contributed by atoms with E-state index in [1.807, 2.05) is 0 Å². The lowest BCUT2D eigenvalue weighted by Gasteiger charge is -2.50. The Morgan fingerprint density at radius 1 is 1.13 bits per heavy atom. The third-order valence-corrected chi connectivity index (χ3v) is 8.07. The molecule has 2 aromatic carbocycles. The van der Waals surface area contributed by atoms with Crippen molar-refractivity contribution in [1.82, 2.24) is 4.90 Å². The number of aryl methyl sites for hydroxylation is 1. The van der Waals surface area contributed by atoms with Gasteiger partial charge in [-0.2, -0.15) is 0 Å². The van der Waals surface area contributed by atoms with Gasteiger partial charge in [0, 0.05) is 11.5 Å². The highest BCUT2D eigenvalue weighted by Crippen LogP contribution is 2.53.